The van der Waals surface area contributed by atoms with Gasteiger partial charge in [0.05, 0.1) is 39.0 Å². The molecule has 0 radical (unpaired) electrons. The van der Waals surface area contributed by atoms with Crippen LogP contribution in [0.2, 0.25) is 0 Å². The summed E-state index contributed by atoms with van der Waals surface area (Å²) in [6.07, 6.45) is 5.26. The second-order valence-electron chi connectivity index (χ2n) is 6.35. The minimum Gasteiger partial charge on any atom is -0.344 e. The first-order valence-electron chi connectivity index (χ1n) is 8.46. The van der Waals surface area contributed by atoms with Crippen molar-refractivity contribution in [3.8, 4) is 0 Å². The molecule has 1 unspecified atom stereocenters. The van der Waals surface area contributed by atoms with Crippen LogP contribution in [0.3, 0.4) is 0 Å². The second-order valence-corrected chi connectivity index (χ2v) is 7.46. The Morgan fingerprint density at radius 1 is 1.48 bits per heavy atom. The van der Waals surface area contributed by atoms with Gasteiger partial charge in [0.15, 0.2) is 0 Å². The highest BCUT2D eigenvalue weighted by Gasteiger charge is 2.31. The van der Waals surface area contributed by atoms with E-state index >= 15 is 0 Å². The van der Waals surface area contributed by atoms with Crippen molar-refractivity contribution in [1.82, 2.24) is 19.9 Å². The van der Waals surface area contributed by atoms with E-state index in [4.69, 9.17) is 4.98 Å². The number of carbonyl (C=O) groups is 1. The maximum absolute atomic E-state index is 13.9. The van der Waals surface area contributed by atoms with Gasteiger partial charge in [-0.1, -0.05) is 6.92 Å². The number of H-pyrrole nitrogens is 1. The largest absolute Gasteiger partial charge is 0.344 e. The predicted molar refractivity (Wildman–Crippen MR) is 95.3 cm³/mol. The van der Waals surface area contributed by atoms with Gasteiger partial charge in [-0.05, 0) is 37.8 Å². The van der Waals surface area contributed by atoms with Gasteiger partial charge in [-0.2, -0.15) is 0 Å². The van der Waals surface area contributed by atoms with E-state index in [2.05, 4.69) is 16.9 Å². The molecule has 0 aliphatic heterocycles. The lowest BCUT2D eigenvalue weighted by Gasteiger charge is -2.30. The molecule has 1 N–H and O–H groups in total. The quantitative estimate of drug-likeness (QED) is 0.773. The van der Waals surface area contributed by atoms with Crippen molar-refractivity contribution in [2.75, 3.05) is 7.05 Å². The molecule has 0 fully saturated rings. The van der Waals surface area contributed by atoms with Gasteiger partial charge in [0.25, 0.3) is 5.91 Å². The first-order valence-corrected chi connectivity index (χ1v) is 9.28. The number of aromatic amines is 1. The number of rotatable bonds is 3. The second kappa shape index (κ2) is 6.22. The zero-order valence-electron chi connectivity index (χ0n) is 14.2. The smallest absolute Gasteiger partial charge is 0.256 e. The monoisotopic (exact) mass is 358 g/mol. The third kappa shape index (κ3) is 2.72. The molecule has 7 heteroatoms. The fraction of sp³-hybridized carbons (Fsp3) is 0.389. The normalized spacial score (nSPS) is 16.8. The molecule has 1 aliphatic carbocycles. The highest BCUT2D eigenvalue weighted by molar-refractivity contribution is 7.11. The SMILES string of the molecule is CCc1nc2c(s1)C(N(C)C(=O)c1cc(F)cc3[nH]cnc13)CCC2. The van der Waals surface area contributed by atoms with Gasteiger partial charge in [-0.15, -0.1) is 11.3 Å². The Hall–Kier alpha value is -2.28. The molecule has 0 bridgehead atoms. The molecule has 1 aromatic carbocycles. The predicted octanol–water partition coefficient (Wildman–Crippen LogP) is 3.87. The number of aromatic nitrogens is 3. The van der Waals surface area contributed by atoms with Crippen LogP contribution in [0.1, 0.15) is 51.7 Å². The maximum atomic E-state index is 13.9. The van der Waals surface area contributed by atoms with Gasteiger partial charge in [-0.25, -0.2) is 14.4 Å². The Labute approximate surface area is 148 Å². The minimum atomic E-state index is -0.441. The lowest BCUT2D eigenvalue weighted by Crippen LogP contribution is -2.33. The van der Waals surface area contributed by atoms with Crippen LogP contribution in [0, 0.1) is 5.82 Å². The molecule has 1 atom stereocenters. The van der Waals surface area contributed by atoms with Crippen molar-refractivity contribution < 1.29 is 9.18 Å². The Bertz CT molecular complexity index is 948. The van der Waals surface area contributed by atoms with Gasteiger partial charge in [0.2, 0.25) is 0 Å². The van der Waals surface area contributed by atoms with Gasteiger partial charge in [0.1, 0.15) is 11.3 Å². The summed E-state index contributed by atoms with van der Waals surface area (Å²) in [5, 5.41) is 1.11. The summed E-state index contributed by atoms with van der Waals surface area (Å²) in [5.41, 5.74) is 2.45. The van der Waals surface area contributed by atoms with E-state index in [-0.39, 0.29) is 11.9 Å². The van der Waals surface area contributed by atoms with Crippen LogP contribution in [-0.2, 0) is 12.8 Å². The molecule has 2 aromatic heterocycles. The molecule has 2 heterocycles. The topological polar surface area (TPSA) is 61.9 Å². The molecule has 1 aliphatic rings. The first-order chi connectivity index (χ1) is 12.1. The zero-order valence-corrected chi connectivity index (χ0v) is 15.0. The number of amides is 1. The number of hydrogen-bond donors (Lipinski definition) is 1. The van der Waals surface area contributed by atoms with Crippen LogP contribution in [0.5, 0.6) is 0 Å². The van der Waals surface area contributed by atoms with Crippen LogP contribution >= 0.6 is 11.3 Å². The van der Waals surface area contributed by atoms with Gasteiger partial charge in [0, 0.05) is 7.05 Å². The molecule has 0 saturated heterocycles. The Kier molecular flexibility index (Phi) is 4.03. The standard InChI is InChI=1S/C18H19FN4OS/c1-3-15-22-12-5-4-6-14(17(12)25-15)23(2)18(24)11-7-10(19)8-13-16(11)21-9-20-13/h7-9,14H,3-6H2,1-2H3,(H,20,21). The van der Waals surface area contributed by atoms with Crippen molar-refractivity contribution in [3.63, 3.8) is 0 Å². The number of nitrogens with zero attached hydrogens (tertiary/aromatic N) is 3. The molecule has 130 valence electrons. The number of nitrogens with one attached hydrogen (secondary N) is 1. The van der Waals surface area contributed by atoms with Crippen molar-refractivity contribution in [2.24, 2.45) is 0 Å². The number of halogens is 1. The van der Waals surface area contributed by atoms with Crippen molar-refractivity contribution in [1.29, 1.82) is 0 Å². The average Bonchev–Trinajstić information content (AvgIpc) is 3.25. The summed E-state index contributed by atoms with van der Waals surface area (Å²) in [7, 11) is 1.79. The highest BCUT2D eigenvalue weighted by atomic mass is 32.1. The average molecular weight is 358 g/mol. The van der Waals surface area contributed by atoms with Gasteiger partial charge >= 0.3 is 0 Å². The van der Waals surface area contributed by atoms with E-state index < -0.39 is 5.82 Å². The molecular weight excluding hydrogens is 339 g/mol. The van der Waals surface area contributed by atoms with Gasteiger partial charge < -0.3 is 9.88 Å². The molecular formula is C18H19FN4OS. The van der Waals surface area contributed by atoms with Crippen LogP contribution in [-0.4, -0.2) is 32.8 Å². The summed E-state index contributed by atoms with van der Waals surface area (Å²) in [4.78, 5) is 27.7. The van der Waals surface area contributed by atoms with E-state index in [9.17, 15) is 9.18 Å². The van der Waals surface area contributed by atoms with Crippen LogP contribution in [0.15, 0.2) is 18.5 Å². The number of imidazole rings is 1. The highest BCUT2D eigenvalue weighted by Crippen LogP contribution is 2.38. The summed E-state index contributed by atoms with van der Waals surface area (Å²) < 4.78 is 13.9. The molecule has 25 heavy (non-hydrogen) atoms. The summed E-state index contributed by atoms with van der Waals surface area (Å²) in [5.74, 6) is -0.648. The van der Waals surface area contributed by atoms with Gasteiger partial charge in [-0.3, -0.25) is 4.79 Å². The van der Waals surface area contributed by atoms with Crippen molar-refractivity contribution >= 4 is 28.3 Å². The fourth-order valence-electron chi connectivity index (χ4n) is 3.48. The number of benzene rings is 1. The van der Waals surface area contributed by atoms with Crippen LogP contribution in [0.25, 0.3) is 11.0 Å². The Morgan fingerprint density at radius 2 is 2.32 bits per heavy atom. The molecule has 0 saturated carbocycles. The molecule has 0 spiro atoms. The number of fused-ring (bicyclic) bond motifs is 2. The minimum absolute atomic E-state index is 0.00805. The summed E-state index contributed by atoms with van der Waals surface area (Å²) in [6, 6.07) is 2.62. The van der Waals surface area contributed by atoms with Crippen LogP contribution < -0.4 is 0 Å². The number of thiazole rings is 1. The zero-order chi connectivity index (χ0) is 17.6. The third-order valence-electron chi connectivity index (χ3n) is 4.77. The Balaban J connectivity index is 1.71. The van der Waals surface area contributed by atoms with E-state index in [1.807, 2.05) is 0 Å². The maximum Gasteiger partial charge on any atom is 0.256 e. The molecule has 1 amide bonds. The van der Waals surface area contributed by atoms with E-state index in [0.29, 0.717) is 16.6 Å². The van der Waals surface area contributed by atoms with E-state index in [1.54, 1.807) is 23.3 Å². The van der Waals surface area contributed by atoms with E-state index in [0.717, 1.165) is 36.4 Å². The van der Waals surface area contributed by atoms with Crippen molar-refractivity contribution in [2.45, 2.75) is 38.6 Å². The third-order valence-corrected chi connectivity index (χ3v) is 6.12. The number of carbonyl (C=O) groups excluding carboxylic acids is 1. The first kappa shape index (κ1) is 16.2. The number of aryl methyl sites for hydroxylation is 2. The Morgan fingerprint density at radius 3 is 3.12 bits per heavy atom. The molecule has 4 rings (SSSR count). The lowest BCUT2D eigenvalue weighted by molar-refractivity contribution is 0.0719. The van der Waals surface area contributed by atoms with E-state index in [1.165, 1.54) is 23.3 Å². The molecule has 5 nitrogen and oxygen atoms in total. The number of hydrogen-bond acceptors (Lipinski definition) is 4. The lowest BCUT2D eigenvalue weighted by atomic mass is 9.96. The summed E-state index contributed by atoms with van der Waals surface area (Å²) >= 11 is 1.69. The van der Waals surface area contributed by atoms with Crippen molar-refractivity contribution in [3.05, 3.63) is 45.4 Å². The fourth-order valence-corrected chi connectivity index (χ4v) is 4.71. The van der Waals surface area contributed by atoms with Crippen LogP contribution in [0.4, 0.5) is 4.39 Å². The molecule has 3 aromatic rings. The summed E-state index contributed by atoms with van der Waals surface area (Å²) in [6.45, 7) is 2.09.